The molecule has 0 bridgehead atoms. The number of ether oxygens (including phenoxy) is 1. The molecule has 0 aliphatic rings. The first-order valence-electron chi connectivity index (χ1n) is 5.37. The van der Waals surface area contributed by atoms with Crippen molar-refractivity contribution < 1.29 is 9.53 Å². The van der Waals surface area contributed by atoms with E-state index in [-0.39, 0.29) is 10.8 Å². The molecule has 0 aromatic heterocycles. The van der Waals surface area contributed by atoms with Gasteiger partial charge in [-0.2, -0.15) is 0 Å². The van der Waals surface area contributed by atoms with Crippen LogP contribution in [0.3, 0.4) is 0 Å². The molecule has 0 heterocycles. The molecule has 0 amide bonds. The molecule has 0 N–H and O–H groups in total. The fourth-order valence-corrected chi connectivity index (χ4v) is 2.44. The van der Waals surface area contributed by atoms with Gasteiger partial charge >= 0.3 is 0 Å². The number of rotatable bonds is 3. The minimum Gasteiger partial charge on any atom is -0.497 e. The van der Waals surface area contributed by atoms with Crippen LogP contribution in [0.2, 0.25) is 10.0 Å². The van der Waals surface area contributed by atoms with Crippen molar-refractivity contribution in [3.8, 4) is 5.75 Å². The van der Waals surface area contributed by atoms with Crippen LogP contribution in [0.4, 0.5) is 0 Å². The van der Waals surface area contributed by atoms with Crippen molar-refractivity contribution in [2.75, 3.05) is 7.11 Å². The maximum absolute atomic E-state index is 12.5. The van der Waals surface area contributed by atoms with Gasteiger partial charge in [0, 0.05) is 15.6 Å². The van der Waals surface area contributed by atoms with E-state index in [1.54, 1.807) is 43.5 Å². The van der Waals surface area contributed by atoms with Crippen LogP contribution >= 0.6 is 39.1 Å². The highest BCUT2D eigenvalue weighted by molar-refractivity contribution is 9.10. The first-order chi connectivity index (χ1) is 9.04. The Kier molecular flexibility index (Phi) is 4.50. The van der Waals surface area contributed by atoms with Gasteiger partial charge in [0.25, 0.3) is 0 Å². The summed E-state index contributed by atoms with van der Waals surface area (Å²) in [5.74, 6) is 0.392. The van der Waals surface area contributed by atoms with E-state index in [2.05, 4.69) is 15.9 Å². The summed E-state index contributed by atoms with van der Waals surface area (Å²) in [4.78, 5) is 12.5. The average molecular weight is 360 g/mol. The van der Waals surface area contributed by atoms with Crippen LogP contribution in [-0.2, 0) is 0 Å². The average Bonchev–Trinajstić information content (AvgIpc) is 2.42. The number of methoxy groups -OCH3 is 1. The number of carbonyl (C=O) groups excluding carboxylic acids is 1. The molecule has 0 fully saturated rings. The van der Waals surface area contributed by atoms with E-state index in [1.165, 1.54) is 0 Å². The van der Waals surface area contributed by atoms with Crippen molar-refractivity contribution >= 4 is 44.9 Å². The van der Waals surface area contributed by atoms with Gasteiger partial charge in [-0.3, -0.25) is 4.79 Å². The van der Waals surface area contributed by atoms with Crippen molar-refractivity contribution in [3.05, 3.63) is 62.0 Å². The van der Waals surface area contributed by atoms with E-state index in [0.717, 1.165) is 0 Å². The number of carbonyl (C=O) groups is 1. The number of halogens is 3. The summed E-state index contributed by atoms with van der Waals surface area (Å²) in [6.45, 7) is 0. The fraction of sp³-hybridized carbons (Fsp3) is 0.0714. The standard InChI is InChI=1S/C14H9BrCl2O2/c1-19-8-5-6-11(15)10(7-8)14(18)9-3-2-4-12(16)13(9)17/h2-7H,1H3. The highest BCUT2D eigenvalue weighted by atomic mass is 79.9. The Bertz CT molecular complexity index is 641. The smallest absolute Gasteiger partial charge is 0.195 e. The Labute approximate surface area is 129 Å². The third kappa shape index (κ3) is 2.94. The van der Waals surface area contributed by atoms with Gasteiger partial charge in [0.1, 0.15) is 5.75 Å². The summed E-state index contributed by atoms with van der Waals surface area (Å²) in [7, 11) is 1.55. The lowest BCUT2D eigenvalue weighted by molar-refractivity contribution is 0.103. The quantitative estimate of drug-likeness (QED) is 0.721. The Morgan fingerprint density at radius 3 is 2.58 bits per heavy atom. The summed E-state index contributed by atoms with van der Waals surface area (Å²) < 4.78 is 5.79. The summed E-state index contributed by atoms with van der Waals surface area (Å²) >= 11 is 15.3. The van der Waals surface area contributed by atoms with Gasteiger partial charge in [-0.1, -0.05) is 45.2 Å². The molecular weight excluding hydrogens is 351 g/mol. The van der Waals surface area contributed by atoms with Gasteiger partial charge in [-0.25, -0.2) is 0 Å². The molecule has 0 spiro atoms. The van der Waals surface area contributed by atoms with Crippen molar-refractivity contribution in [2.45, 2.75) is 0 Å². The molecule has 2 aromatic rings. The van der Waals surface area contributed by atoms with E-state index in [0.29, 0.717) is 26.4 Å². The summed E-state index contributed by atoms with van der Waals surface area (Å²) in [6.07, 6.45) is 0. The number of hydrogen-bond donors (Lipinski definition) is 0. The Morgan fingerprint density at radius 1 is 1.16 bits per heavy atom. The zero-order valence-corrected chi connectivity index (χ0v) is 13.0. The minimum atomic E-state index is -0.210. The molecule has 19 heavy (non-hydrogen) atoms. The highest BCUT2D eigenvalue weighted by Crippen LogP contribution is 2.30. The molecule has 0 atom stereocenters. The second-order valence-electron chi connectivity index (χ2n) is 3.78. The normalized spacial score (nSPS) is 10.3. The lowest BCUT2D eigenvalue weighted by Crippen LogP contribution is -2.04. The van der Waals surface area contributed by atoms with E-state index in [9.17, 15) is 4.79 Å². The predicted molar refractivity (Wildman–Crippen MR) is 80.6 cm³/mol. The van der Waals surface area contributed by atoms with Crippen LogP contribution in [-0.4, -0.2) is 12.9 Å². The van der Waals surface area contributed by atoms with Crippen LogP contribution < -0.4 is 4.74 Å². The topological polar surface area (TPSA) is 26.3 Å². The van der Waals surface area contributed by atoms with E-state index >= 15 is 0 Å². The molecule has 0 radical (unpaired) electrons. The SMILES string of the molecule is COc1ccc(Br)c(C(=O)c2cccc(Cl)c2Cl)c1. The molecule has 0 unspecified atom stereocenters. The number of ketones is 1. The monoisotopic (exact) mass is 358 g/mol. The van der Waals surface area contributed by atoms with Gasteiger partial charge in [0.15, 0.2) is 5.78 Å². The lowest BCUT2D eigenvalue weighted by atomic mass is 10.0. The molecule has 2 aromatic carbocycles. The fourth-order valence-electron chi connectivity index (χ4n) is 1.63. The van der Waals surface area contributed by atoms with E-state index in [1.807, 2.05) is 0 Å². The van der Waals surface area contributed by atoms with Gasteiger partial charge in [0.05, 0.1) is 17.2 Å². The van der Waals surface area contributed by atoms with Gasteiger partial charge in [-0.15, -0.1) is 0 Å². The van der Waals surface area contributed by atoms with Crippen LogP contribution in [0.1, 0.15) is 15.9 Å². The highest BCUT2D eigenvalue weighted by Gasteiger charge is 2.17. The van der Waals surface area contributed by atoms with Gasteiger partial charge in [0.2, 0.25) is 0 Å². The zero-order chi connectivity index (χ0) is 14.0. The van der Waals surface area contributed by atoms with Crippen LogP contribution in [0.15, 0.2) is 40.9 Å². The summed E-state index contributed by atoms with van der Waals surface area (Å²) in [5.41, 5.74) is 0.839. The van der Waals surface area contributed by atoms with Crippen molar-refractivity contribution in [1.29, 1.82) is 0 Å². The molecule has 2 nitrogen and oxygen atoms in total. The minimum absolute atomic E-state index is 0.210. The third-order valence-electron chi connectivity index (χ3n) is 2.61. The Hall–Kier alpha value is -1.03. The number of hydrogen-bond acceptors (Lipinski definition) is 2. The molecule has 2 rings (SSSR count). The lowest BCUT2D eigenvalue weighted by Gasteiger charge is -2.08. The first-order valence-corrected chi connectivity index (χ1v) is 6.91. The van der Waals surface area contributed by atoms with E-state index in [4.69, 9.17) is 27.9 Å². The zero-order valence-electron chi connectivity index (χ0n) is 9.91. The van der Waals surface area contributed by atoms with E-state index < -0.39 is 0 Å². The molecule has 5 heteroatoms. The summed E-state index contributed by atoms with van der Waals surface area (Å²) in [5, 5.41) is 0.607. The molecular formula is C14H9BrCl2O2. The predicted octanol–water partition coefficient (Wildman–Crippen LogP) is 5.00. The molecule has 0 saturated carbocycles. The van der Waals surface area contributed by atoms with Crippen molar-refractivity contribution in [1.82, 2.24) is 0 Å². The second-order valence-corrected chi connectivity index (χ2v) is 5.42. The van der Waals surface area contributed by atoms with Gasteiger partial charge in [-0.05, 0) is 30.3 Å². The molecule has 0 aliphatic heterocycles. The maximum atomic E-state index is 12.5. The van der Waals surface area contributed by atoms with Crippen LogP contribution in [0.5, 0.6) is 5.75 Å². The first kappa shape index (κ1) is 14.4. The van der Waals surface area contributed by atoms with Gasteiger partial charge < -0.3 is 4.74 Å². The van der Waals surface area contributed by atoms with Crippen LogP contribution in [0, 0.1) is 0 Å². The molecule has 0 aliphatic carbocycles. The molecule has 98 valence electrons. The Balaban J connectivity index is 2.53. The summed E-state index contributed by atoms with van der Waals surface area (Å²) in [6, 6.07) is 10.1. The second kappa shape index (κ2) is 5.95. The van der Waals surface area contributed by atoms with Crippen molar-refractivity contribution in [2.24, 2.45) is 0 Å². The molecule has 0 saturated heterocycles. The third-order valence-corrected chi connectivity index (χ3v) is 4.12. The largest absolute Gasteiger partial charge is 0.497 e. The van der Waals surface area contributed by atoms with Crippen LogP contribution in [0.25, 0.3) is 0 Å². The Morgan fingerprint density at radius 2 is 1.89 bits per heavy atom. The maximum Gasteiger partial charge on any atom is 0.195 e. The number of benzene rings is 2. The van der Waals surface area contributed by atoms with Crippen molar-refractivity contribution in [3.63, 3.8) is 0 Å².